The Morgan fingerprint density at radius 2 is 1.62 bits per heavy atom. The summed E-state index contributed by atoms with van der Waals surface area (Å²) in [5, 5.41) is 6.91. The molecule has 0 saturated carbocycles. The van der Waals surface area contributed by atoms with Crippen LogP contribution < -0.4 is 24.8 Å². The van der Waals surface area contributed by atoms with Gasteiger partial charge in [-0.15, -0.1) is 0 Å². The molecule has 4 aromatic rings. The molecule has 1 amide bonds. The fraction of sp³-hybridized carbons (Fsp3) is 0.259. The van der Waals surface area contributed by atoms with Gasteiger partial charge in [0.05, 0.1) is 14.2 Å². The van der Waals surface area contributed by atoms with E-state index in [-0.39, 0.29) is 18.5 Å². The molecule has 2 aromatic carbocycles. The second-order valence-electron chi connectivity index (χ2n) is 8.32. The number of hydrogen-bond donors (Lipinski definition) is 3. The topological polar surface area (TPSA) is 123 Å². The van der Waals surface area contributed by atoms with Crippen molar-refractivity contribution < 1.29 is 19.0 Å². The number of nitrogens with zero attached hydrogens (tertiary/aromatic N) is 3. The van der Waals surface area contributed by atoms with Gasteiger partial charge in [-0.25, -0.2) is 9.97 Å². The molecule has 2 heterocycles. The number of ether oxygens (including phenoxy) is 3. The normalized spacial score (nSPS) is 11.3. The van der Waals surface area contributed by atoms with Gasteiger partial charge in [0, 0.05) is 41.1 Å². The third kappa shape index (κ3) is 6.97. The maximum Gasteiger partial charge on any atom is 0.264 e. The van der Waals surface area contributed by atoms with Crippen molar-refractivity contribution in [2.75, 3.05) is 32.7 Å². The first-order chi connectivity index (χ1) is 17.9. The molecule has 10 nitrogen and oxygen atoms in total. The zero-order chi connectivity index (χ0) is 26.2. The number of fused-ring (bicyclic) bond motifs is 1. The fourth-order valence-corrected chi connectivity index (χ4v) is 3.77. The van der Waals surface area contributed by atoms with Gasteiger partial charge in [0.1, 0.15) is 17.2 Å². The lowest BCUT2D eigenvalue weighted by atomic mass is 10.1. The standard InChI is InChI=1S/C27H30N6O4/c1-17-13-18(2)31-27(30-17)33-26(32-25(34)16-37-21-7-5-20(35-3)6-8-21)28-12-11-19-15-29-24-14-22(36-4)9-10-23(19)24/h5-10,13-15,29H,11-12,16H2,1-4H3,(H2,28,30,31,32,33,34). The second kappa shape index (κ2) is 11.9. The molecule has 4 rings (SSSR count). The van der Waals surface area contributed by atoms with E-state index in [1.165, 1.54) is 0 Å². The van der Waals surface area contributed by atoms with E-state index in [9.17, 15) is 4.79 Å². The highest BCUT2D eigenvalue weighted by atomic mass is 16.5. The Bertz CT molecular complexity index is 1380. The molecule has 0 unspecified atom stereocenters. The molecular weight excluding hydrogens is 472 g/mol. The first kappa shape index (κ1) is 25.5. The van der Waals surface area contributed by atoms with Crippen LogP contribution in [0.5, 0.6) is 17.2 Å². The van der Waals surface area contributed by atoms with Crippen LogP contribution in [0.4, 0.5) is 5.95 Å². The molecule has 37 heavy (non-hydrogen) atoms. The Labute approximate surface area is 215 Å². The number of carbonyl (C=O) groups is 1. The summed E-state index contributed by atoms with van der Waals surface area (Å²) in [4.78, 5) is 29.3. The van der Waals surface area contributed by atoms with Crippen LogP contribution in [-0.2, 0) is 11.2 Å². The predicted molar refractivity (Wildman–Crippen MR) is 143 cm³/mol. The summed E-state index contributed by atoms with van der Waals surface area (Å²) < 4.78 is 16.0. The van der Waals surface area contributed by atoms with Gasteiger partial charge in [-0.3, -0.25) is 20.4 Å². The third-order valence-electron chi connectivity index (χ3n) is 5.53. The first-order valence-corrected chi connectivity index (χ1v) is 11.8. The summed E-state index contributed by atoms with van der Waals surface area (Å²) in [6.45, 7) is 3.99. The molecule has 0 aliphatic heterocycles. The van der Waals surface area contributed by atoms with E-state index >= 15 is 0 Å². The highest BCUT2D eigenvalue weighted by Gasteiger charge is 2.11. The number of nitrogens with one attached hydrogen (secondary N) is 3. The van der Waals surface area contributed by atoms with E-state index in [0.717, 1.165) is 33.6 Å². The van der Waals surface area contributed by atoms with E-state index in [1.807, 2.05) is 44.3 Å². The van der Waals surface area contributed by atoms with Crippen molar-refractivity contribution in [3.05, 3.63) is 71.7 Å². The molecule has 0 aliphatic carbocycles. The quantitative estimate of drug-likeness (QED) is 0.235. The fourth-order valence-electron chi connectivity index (χ4n) is 3.77. The Hall–Kier alpha value is -4.60. The molecule has 0 spiro atoms. The van der Waals surface area contributed by atoms with Crippen LogP contribution in [-0.4, -0.2) is 54.2 Å². The minimum atomic E-state index is -0.370. The third-order valence-corrected chi connectivity index (χ3v) is 5.53. The molecule has 0 radical (unpaired) electrons. The number of hydrogen-bond acceptors (Lipinski definition) is 7. The van der Waals surface area contributed by atoms with Gasteiger partial charge >= 0.3 is 0 Å². The maximum atomic E-state index is 12.7. The number of aromatic nitrogens is 3. The largest absolute Gasteiger partial charge is 0.497 e. The summed E-state index contributed by atoms with van der Waals surface area (Å²) in [5.41, 5.74) is 3.71. The van der Waals surface area contributed by atoms with Gasteiger partial charge in [0.2, 0.25) is 11.9 Å². The molecule has 10 heteroatoms. The first-order valence-electron chi connectivity index (χ1n) is 11.8. The van der Waals surface area contributed by atoms with Crippen molar-refractivity contribution in [2.45, 2.75) is 20.3 Å². The zero-order valence-corrected chi connectivity index (χ0v) is 21.3. The number of H-pyrrole nitrogens is 1. The van der Waals surface area contributed by atoms with Gasteiger partial charge in [0.15, 0.2) is 6.61 Å². The van der Waals surface area contributed by atoms with E-state index in [2.05, 4.69) is 30.6 Å². The summed E-state index contributed by atoms with van der Waals surface area (Å²) in [6, 6.07) is 14.8. The smallest absolute Gasteiger partial charge is 0.264 e. The Kier molecular flexibility index (Phi) is 8.19. The lowest BCUT2D eigenvalue weighted by Crippen LogP contribution is -2.39. The van der Waals surface area contributed by atoms with E-state index in [0.29, 0.717) is 30.4 Å². The molecular formula is C27H30N6O4. The molecule has 0 atom stereocenters. The number of amides is 1. The highest BCUT2D eigenvalue weighted by molar-refractivity contribution is 6.03. The molecule has 0 bridgehead atoms. The lowest BCUT2D eigenvalue weighted by molar-refractivity contribution is -0.121. The Balaban J connectivity index is 1.44. The zero-order valence-electron chi connectivity index (χ0n) is 21.3. The molecule has 2 aromatic heterocycles. The SMILES string of the molecule is COc1ccc(OCC(=O)NC(=NCCc2c[nH]c3cc(OC)ccc23)Nc2nc(C)cc(C)n2)cc1. The number of aliphatic imine (C=N–C) groups is 1. The van der Waals surface area contributed by atoms with Crippen LogP contribution in [0, 0.1) is 13.8 Å². The van der Waals surface area contributed by atoms with E-state index in [1.54, 1.807) is 38.5 Å². The van der Waals surface area contributed by atoms with Crippen LogP contribution >= 0.6 is 0 Å². The maximum absolute atomic E-state index is 12.7. The minimum Gasteiger partial charge on any atom is -0.497 e. The predicted octanol–water partition coefficient (Wildman–Crippen LogP) is 3.80. The summed E-state index contributed by atoms with van der Waals surface area (Å²) >= 11 is 0. The summed E-state index contributed by atoms with van der Waals surface area (Å²) in [6.07, 6.45) is 2.62. The monoisotopic (exact) mass is 502 g/mol. The van der Waals surface area contributed by atoms with Crippen molar-refractivity contribution in [3.8, 4) is 17.2 Å². The Morgan fingerprint density at radius 1 is 0.946 bits per heavy atom. The van der Waals surface area contributed by atoms with Crippen molar-refractivity contribution >= 4 is 28.7 Å². The minimum absolute atomic E-state index is 0.189. The van der Waals surface area contributed by atoms with Crippen molar-refractivity contribution in [3.63, 3.8) is 0 Å². The molecule has 0 saturated heterocycles. The number of aromatic amines is 1. The van der Waals surface area contributed by atoms with Crippen molar-refractivity contribution in [1.82, 2.24) is 20.3 Å². The van der Waals surface area contributed by atoms with Crippen LogP contribution in [0.15, 0.2) is 59.7 Å². The Morgan fingerprint density at radius 3 is 2.32 bits per heavy atom. The molecule has 192 valence electrons. The molecule has 0 fully saturated rings. The molecule has 3 N–H and O–H groups in total. The number of benzene rings is 2. The van der Waals surface area contributed by atoms with Gasteiger partial charge in [-0.2, -0.15) is 0 Å². The van der Waals surface area contributed by atoms with Crippen LogP contribution in [0.2, 0.25) is 0 Å². The average molecular weight is 503 g/mol. The van der Waals surface area contributed by atoms with E-state index in [4.69, 9.17) is 14.2 Å². The lowest BCUT2D eigenvalue weighted by Gasteiger charge is -2.12. The summed E-state index contributed by atoms with van der Waals surface area (Å²) in [7, 11) is 3.23. The summed E-state index contributed by atoms with van der Waals surface area (Å²) in [5.74, 6) is 2.28. The van der Waals surface area contributed by atoms with Crippen LogP contribution in [0.25, 0.3) is 10.9 Å². The second-order valence-corrected chi connectivity index (χ2v) is 8.32. The highest BCUT2D eigenvalue weighted by Crippen LogP contribution is 2.23. The van der Waals surface area contributed by atoms with Crippen molar-refractivity contribution in [2.24, 2.45) is 4.99 Å². The number of anilines is 1. The van der Waals surface area contributed by atoms with Gasteiger partial charge in [-0.05, 0) is 68.3 Å². The number of rotatable bonds is 9. The van der Waals surface area contributed by atoms with E-state index < -0.39 is 0 Å². The van der Waals surface area contributed by atoms with Gasteiger partial charge in [0.25, 0.3) is 5.91 Å². The van der Waals surface area contributed by atoms with Gasteiger partial charge < -0.3 is 19.2 Å². The number of guanidine groups is 1. The van der Waals surface area contributed by atoms with Gasteiger partial charge in [-0.1, -0.05) is 0 Å². The number of methoxy groups -OCH3 is 2. The van der Waals surface area contributed by atoms with Crippen LogP contribution in [0.3, 0.4) is 0 Å². The van der Waals surface area contributed by atoms with Crippen LogP contribution in [0.1, 0.15) is 17.0 Å². The number of carbonyl (C=O) groups excluding carboxylic acids is 1. The number of aryl methyl sites for hydroxylation is 2. The average Bonchev–Trinajstić information content (AvgIpc) is 3.29. The molecule has 0 aliphatic rings. The van der Waals surface area contributed by atoms with Crippen molar-refractivity contribution in [1.29, 1.82) is 0 Å².